The van der Waals surface area contributed by atoms with E-state index in [1.54, 1.807) is 29.2 Å². The summed E-state index contributed by atoms with van der Waals surface area (Å²) in [6.45, 7) is 7.86. The summed E-state index contributed by atoms with van der Waals surface area (Å²) in [5.41, 5.74) is 2.33. The van der Waals surface area contributed by atoms with Crippen molar-refractivity contribution in [3.63, 3.8) is 0 Å². The number of benzene rings is 2. The molecule has 1 heterocycles. The minimum Gasteiger partial charge on any atom is -0.493 e. The zero-order chi connectivity index (χ0) is 29.9. The van der Waals surface area contributed by atoms with E-state index in [1.165, 1.54) is 7.05 Å². The number of hydrogen-bond donors (Lipinski definition) is 3. The smallest absolute Gasteiger partial charge is 0.341 e. The van der Waals surface area contributed by atoms with Gasteiger partial charge in [0.1, 0.15) is 11.6 Å². The van der Waals surface area contributed by atoms with E-state index in [9.17, 15) is 19.5 Å². The maximum absolute atomic E-state index is 13.7. The molecule has 41 heavy (non-hydrogen) atoms. The van der Waals surface area contributed by atoms with Crippen LogP contribution in [-0.4, -0.2) is 66.4 Å². The van der Waals surface area contributed by atoms with Crippen molar-refractivity contribution in [1.29, 1.82) is 5.41 Å². The van der Waals surface area contributed by atoms with Gasteiger partial charge in [0.15, 0.2) is 23.9 Å². The van der Waals surface area contributed by atoms with E-state index in [4.69, 9.17) is 19.6 Å². The monoisotopic (exact) mass is 565 g/mol. The zero-order valence-corrected chi connectivity index (χ0v) is 24.4. The van der Waals surface area contributed by atoms with E-state index in [0.29, 0.717) is 52.7 Å². The molecule has 0 aromatic heterocycles. The first-order chi connectivity index (χ1) is 19.4. The highest BCUT2D eigenvalue weighted by Crippen LogP contribution is 2.42. The highest BCUT2D eigenvalue weighted by atomic mass is 16.5. The summed E-state index contributed by atoms with van der Waals surface area (Å²) in [5, 5.41) is 20.7. The Kier molecular flexibility index (Phi) is 8.89. The highest BCUT2D eigenvalue weighted by Gasteiger charge is 2.31. The molecule has 2 aromatic carbocycles. The van der Waals surface area contributed by atoms with Crippen molar-refractivity contribution in [1.82, 2.24) is 10.2 Å². The number of ether oxygens (including phenoxy) is 3. The Bertz CT molecular complexity index is 1360. The highest BCUT2D eigenvalue weighted by molar-refractivity contribution is 6.07. The number of rotatable bonds is 11. The number of carbonyl (C=O) groups excluding carboxylic acids is 2. The van der Waals surface area contributed by atoms with Crippen molar-refractivity contribution >= 4 is 23.5 Å². The van der Waals surface area contributed by atoms with Gasteiger partial charge in [-0.1, -0.05) is 20.8 Å². The van der Waals surface area contributed by atoms with Crippen molar-refractivity contribution in [2.75, 3.05) is 26.8 Å². The van der Waals surface area contributed by atoms with Crippen LogP contribution < -0.4 is 19.5 Å². The van der Waals surface area contributed by atoms with Crippen LogP contribution in [-0.2, 0) is 16.8 Å². The molecule has 2 aromatic rings. The fraction of sp³-hybridized carbons (Fsp3) is 0.484. The first-order valence-electron chi connectivity index (χ1n) is 14.0. The number of hydrogen-bond acceptors (Lipinski definition) is 7. The quantitative estimate of drug-likeness (QED) is 0.337. The maximum Gasteiger partial charge on any atom is 0.341 e. The topological polar surface area (TPSA) is 138 Å². The predicted octanol–water partition coefficient (Wildman–Crippen LogP) is 4.55. The van der Waals surface area contributed by atoms with Gasteiger partial charge in [0.25, 0.3) is 5.91 Å². The van der Waals surface area contributed by atoms with Crippen LogP contribution in [0.5, 0.6) is 17.2 Å². The van der Waals surface area contributed by atoms with Crippen LogP contribution in [0.2, 0.25) is 0 Å². The first kappa shape index (κ1) is 29.9. The Morgan fingerprint density at radius 3 is 2.39 bits per heavy atom. The molecule has 0 unspecified atom stereocenters. The van der Waals surface area contributed by atoms with Gasteiger partial charge in [-0.05, 0) is 67.9 Å². The van der Waals surface area contributed by atoms with Crippen molar-refractivity contribution in [2.45, 2.75) is 71.4 Å². The van der Waals surface area contributed by atoms with Crippen LogP contribution in [0.15, 0.2) is 24.3 Å². The van der Waals surface area contributed by atoms with Crippen molar-refractivity contribution < 1.29 is 33.7 Å². The number of carbonyl (C=O) groups is 3. The molecule has 2 aliphatic rings. The molecule has 220 valence electrons. The number of amidine groups is 1. The summed E-state index contributed by atoms with van der Waals surface area (Å²) < 4.78 is 17.7. The second-order valence-corrected chi connectivity index (χ2v) is 11.5. The lowest BCUT2D eigenvalue weighted by Crippen LogP contribution is -2.30. The molecule has 10 heteroatoms. The number of ketones is 1. The van der Waals surface area contributed by atoms with E-state index in [-0.39, 0.29) is 30.2 Å². The minimum absolute atomic E-state index is 0.0318. The van der Waals surface area contributed by atoms with Gasteiger partial charge in [-0.25, -0.2) is 4.79 Å². The van der Waals surface area contributed by atoms with Crippen molar-refractivity contribution in [2.24, 2.45) is 0 Å². The number of Topliss-reactive ketones (excluding diaryl/α,β-unsaturated/α-hetero) is 1. The molecule has 4 rings (SSSR count). The Labute approximate surface area is 240 Å². The second kappa shape index (κ2) is 12.2. The predicted molar refractivity (Wildman–Crippen MR) is 154 cm³/mol. The molecule has 0 spiro atoms. The van der Waals surface area contributed by atoms with Crippen LogP contribution >= 0.6 is 0 Å². The number of fused-ring (bicyclic) bond motifs is 1. The summed E-state index contributed by atoms with van der Waals surface area (Å²) in [5.74, 6) is -0.330. The van der Waals surface area contributed by atoms with Crippen molar-refractivity contribution in [3.05, 3.63) is 52.1 Å². The lowest BCUT2D eigenvalue weighted by molar-refractivity contribution is -0.139. The van der Waals surface area contributed by atoms with Gasteiger partial charge in [-0.3, -0.25) is 15.0 Å². The van der Waals surface area contributed by atoms with Gasteiger partial charge < -0.3 is 29.5 Å². The number of aliphatic carboxylic acids is 1. The van der Waals surface area contributed by atoms with E-state index < -0.39 is 18.0 Å². The molecule has 10 nitrogen and oxygen atoms in total. The largest absolute Gasteiger partial charge is 0.493 e. The molecule has 0 bridgehead atoms. The van der Waals surface area contributed by atoms with Crippen LogP contribution in [0.3, 0.4) is 0 Å². The fourth-order valence-electron chi connectivity index (χ4n) is 5.29. The van der Waals surface area contributed by atoms with Crippen molar-refractivity contribution in [3.8, 4) is 17.2 Å². The van der Waals surface area contributed by atoms with Gasteiger partial charge in [0.2, 0.25) is 0 Å². The third-order valence-corrected chi connectivity index (χ3v) is 7.36. The summed E-state index contributed by atoms with van der Waals surface area (Å²) >= 11 is 0. The molecule has 1 aliphatic heterocycles. The average molecular weight is 566 g/mol. The van der Waals surface area contributed by atoms with Gasteiger partial charge in [-0.15, -0.1) is 0 Å². The molecule has 0 atom stereocenters. The average Bonchev–Trinajstić information content (AvgIpc) is 3.53. The van der Waals surface area contributed by atoms with E-state index in [2.05, 4.69) is 5.32 Å². The molecule has 0 saturated heterocycles. The van der Waals surface area contributed by atoms with Crippen LogP contribution in [0.25, 0.3) is 0 Å². The summed E-state index contributed by atoms with van der Waals surface area (Å²) in [7, 11) is 1.54. The molecular weight excluding hydrogens is 526 g/mol. The third-order valence-electron chi connectivity index (χ3n) is 7.36. The number of amides is 1. The fourth-order valence-corrected chi connectivity index (χ4v) is 5.29. The number of carboxylic acid groups (broad SMARTS) is 1. The lowest BCUT2D eigenvalue weighted by Gasteiger charge is -2.27. The Hall–Kier alpha value is -4.08. The molecule has 3 N–H and O–H groups in total. The van der Waals surface area contributed by atoms with E-state index >= 15 is 0 Å². The third kappa shape index (κ3) is 6.64. The van der Waals surface area contributed by atoms with Crippen LogP contribution in [0, 0.1) is 5.41 Å². The number of nitrogens with zero attached hydrogens (tertiary/aromatic N) is 1. The van der Waals surface area contributed by atoms with Gasteiger partial charge in [0, 0.05) is 30.3 Å². The molecule has 0 radical (unpaired) electrons. The normalized spacial score (nSPS) is 15.0. The Morgan fingerprint density at radius 2 is 1.78 bits per heavy atom. The van der Waals surface area contributed by atoms with Gasteiger partial charge in [0.05, 0.1) is 24.8 Å². The van der Waals surface area contributed by atoms with Crippen LogP contribution in [0.4, 0.5) is 0 Å². The summed E-state index contributed by atoms with van der Waals surface area (Å²) in [6, 6.07) is 6.79. The lowest BCUT2D eigenvalue weighted by atomic mass is 9.84. The summed E-state index contributed by atoms with van der Waals surface area (Å²) in [6.07, 6.45) is 3.82. The molecular formula is C31H39N3O7. The van der Waals surface area contributed by atoms with Gasteiger partial charge >= 0.3 is 5.97 Å². The number of nitrogens with one attached hydrogen (secondary N) is 2. The Morgan fingerprint density at radius 1 is 1.07 bits per heavy atom. The molecule has 1 fully saturated rings. The van der Waals surface area contributed by atoms with E-state index in [1.807, 2.05) is 27.7 Å². The number of carboxylic acids is 1. The van der Waals surface area contributed by atoms with Crippen LogP contribution in [0.1, 0.15) is 90.8 Å². The Balaban J connectivity index is 1.66. The van der Waals surface area contributed by atoms with E-state index in [0.717, 1.165) is 31.2 Å². The second-order valence-electron chi connectivity index (χ2n) is 11.5. The summed E-state index contributed by atoms with van der Waals surface area (Å²) in [4.78, 5) is 39.2. The first-order valence-corrected chi connectivity index (χ1v) is 14.0. The van der Waals surface area contributed by atoms with Gasteiger partial charge in [-0.2, -0.15) is 0 Å². The molecule has 1 saturated carbocycles. The molecule has 1 aliphatic carbocycles. The SMILES string of the molecule is CCOc1cc2c(cc1C(=O)NC)C(=N)N(CC(=O)c1cc(OC3CCCC3)c(OCC(=O)O)c(C(C)(C)C)c1)C2. The maximum atomic E-state index is 13.7. The standard InChI is InChI=1S/C31H39N3O7/c1-6-39-25-13-19-15-34(29(32)21(19)14-22(25)30(38)33-5)16-24(35)18-11-23(31(2,3)4)28(40-17-27(36)37)26(12-18)41-20-9-7-8-10-20/h11-14,20,32H,6-10,15-17H2,1-5H3,(H,33,38)(H,36,37). The molecule has 1 amide bonds. The minimum atomic E-state index is -1.10. The zero-order valence-electron chi connectivity index (χ0n) is 24.4.